The lowest BCUT2D eigenvalue weighted by Gasteiger charge is -2.42. The third-order valence-corrected chi connectivity index (χ3v) is 6.50. The molecule has 0 aliphatic carbocycles. The first-order chi connectivity index (χ1) is 16.5. The molecule has 14 nitrogen and oxygen atoms in total. The second kappa shape index (κ2) is 10.7. The van der Waals surface area contributed by atoms with E-state index in [9.17, 15) is 18.0 Å². The van der Waals surface area contributed by atoms with Crippen LogP contribution in [0, 0.1) is 5.41 Å². The van der Waals surface area contributed by atoms with Crippen molar-refractivity contribution in [3.63, 3.8) is 0 Å². The molecule has 1 aromatic heterocycles. The van der Waals surface area contributed by atoms with Crippen LogP contribution in [0.5, 0.6) is 5.75 Å². The highest BCUT2D eigenvalue weighted by Gasteiger charge is 2.51. The molecule has 0 saturated carbocycles. The summed E-state index contributed by atoms with van der Waals surface area (Å²) in [5.41, 5.74) is 11.5. The number of ether oxygens (including phenoxy) is 1. The predicted octanol–water partition coefficient (Wildman–Crippen LogP) is -0.283. The Kier molecular flexibility index (Phi) is 7.88. The molecule has 0 bridgehead atoms. The van der Waals surface area contributed by atoms with Gasteiger partial charge >= 0.3 is 10.3 Å². The van der Waals surface area contributed by atoms with Crippen LogP contribution in [0.15, 0.2) is 34.8 Å². The molecule has 35 heavy (non-hydrogen) atoms. The number of thiazole rings is 1. The van der Waals surface area contributed by atoms with Crippen LogP contribution in [-0.4, -0.2) is 70.9 Å². The van der Waals surface area contributed by atoms with Gasteiger partial charge in [0.25, 0.3) is 11.8 Å². The minimum absolute atomic E-state index is 0.0450. The Labute approximate surface area is 204 Å². The molecule has 2 heterocycles. The molecule has 1 aromatic carbocycles. The smallest absolute Gasteiger partial charge is 0.362 e. The van der Waals surface area contributed by atoms with Crippen LogP contribution < -0.4 is 21.5 Å². The van der Waals surface area contributed by atoms with Crippen LogP contribution in [-0.2, 0) is 24.7 Å². The average molecular weight is 526 g/mol. The first-order valence-electron chi connectivity index (χ1n) is 10.1. The lowest BCUT2D eigenvalue weighted by atomic mass is 10.0. The van der Waals surface area contributed by atoms with Crippen molar-refractivity contribution in [3.8, 4) is 5.75 Å². The van der Waals surface area contributed by atoms with E-state index < -0.39 is 34.2 Å². The number of β-lactam (4-membered cyclic amide) rings is 1. The largest absolute Gasteiger partial charge is 0.493 e. The summed E-state index contributed by atoms with van der Waals surface area (Å²) in [4.78, 5) is 34.0. The van der Waals surface area contributed by atoms with E-state index in [1.807, 2.05) is 0 Å². The Hall–Kier alpha value is -3.76. The van der Waals surface area contributed by atoms with Crippen LogP contribution in [0.1, 0.15) is 24.6 Å². The Balaban J connectivity index is 1.56. The molecule has 0 spiro atoms. The number of nitrogens with one attached hydrogen (secondary N) is 2. The summed E-state index contributed by atoms with van der Waals surface area (Å²) < 4.78 is 37.4. The molecule has 16 heteroatoms. The number of aromatic nitrogens is 1. The fraction of sp³-hybridized carbons (Fsp3) is 0.316. The van der Waals surface area contributed by atoms with E-state index >= 15 is 0 Å². The van der Waals surface area contributed by atoms with Gasteiger partial charge in [-0.3, -0.25) is 19.6 Å². The third kappa shape index (κ3) is 6.23. The van der Waals surface area contributed by atoms with Gasteiger partial charge in [0.15, 0.2) is 10.8 Å². The topological polar surface area (TPSA) is 223 Å². The second-order valence-corrected chi connectivity index (χ2v) is 9.47. The van der Waals surface area contributed by atoms with Crippen molar-refractivity contribution in [2.75, 3.05) is 18.9 Å². The molecule has 1 aliphatic heterocycles. The minimum Gasteiger partial charge on any atom is -0.493 e. The summed E-state index contributed by atoms with van der Waals surface area (Å²) in [5, 5.41) is 15.2. The number of amides is 2. The number of benzene rings is 1. The molecule has 2 atom stereocenters. The first-order valence-corrected chi connectivity index (χ1v) is 12.4. The molecule has 0 unspecified atom stereocenters. The maximum absolute atomic E-state index is 12.8. The Morgan fingerprint density at radius 2 is 2.03 bits per heavy atom. The van der Waals surface area contributed by atoms with Crippen LogP contribution >= 0.6 is 11.3 Å². The normalized spacial score (nSPS) is 18.1. The number of rotatable bonds is 11. The number of nitrogens with zero attached hydrogens (tertiary/aromatic N) is 3. The number of oxime groups is 1. The van der Waals surface area contributed by atoms with Gasteiger partial charge in [0.2, 0.25) is 0 Å². The Morgan fingerprint density at radius 1 is 1.34 bits per heavy atom. The van der Waals surface area contributed by atoms with Gasteiger partial charge in [-0.1, -0.05) is 5.16 Å². The highest BCUT2D eigenvalue weighted by Crippen LogP contribution is 2.23. The van der Waals surface area contributed by atoms with E-state index in [0.29, 0.717) is 17.7 Å². The summed E-state index contributed by atoms with van der Waals surface area (Å²) in [5.74, 6) is -1.29. The summed E-state index contributed by atoms with van der Waals surface area (Å²) >= 11 is 1.06. The van der Waals surface area contributed by atoms with Crippen molar-refractivity contribution in [1.29, 1.82) is 5.41 Å². The Morgan fingerprint density at radius 3 is 2.57 bits per heavy atom. The van der Waals surface area contributed by atoms with Crippen molar-refractivity contribution < 1.29 is 32.1 Å². The molecule has 188 valence electrons. The minimum atomic E-state index is -4.73. The van der Waals surface area contributed by atoms with Crippen molar-refractivity contribution in [2.24, 2.45) is 10.9 Å². The third-order valence-electron chi connectivity index (χ3n) is 4.82. The van der Waals surface area contributed by atoms with E-state index in [1.165, 1.54) is 12.3 Å². The van der Waals surface area contributed by atoms with Gasteiger partial charge in [0.05, 0.1) is 12.6 Å². The predicted molar refractivity (Wildman–Crippen MR) is 126 cm³/mol. The van der Waals surface area contributed by atoms with Gasteiger partial charge in [-0.15, -0.1) is 11.3 Å². The molecule has 1 fully saturated rings. The zero-order chi connectivity index (χ0) is 25.8. The van der Waals surface area contributed by atoms with Gasteiger partial charge in [-0.05, 0) is 31.2 Å². The summed E-state index contributed by atoms with van der Waals surface area (Å²) in [6.07, 6.45) is 0.410. The maximum atomic E-state index is 12.8. The standard InChI is InChI=1S/C19H23N7O7S2/c1-10-14(18(28)26(10)35(29,30)31)24-17(27)15(13-9-34-19(22)23-13)25-33-8-2-7-32-12-5-3-11(4-6-12)16(20)21/h3-6,9-10,14H,2,7-8H2,1H3,(H3,20,21)(H2,22,23)(H,24,27)(H,29,30,31)/b25-15-/t10-,14-/m0/s1. The van der Waals surface area contributed by atoms with E-state index in [2.05, 4.69) is 15.5 Å². The molecule has 1 saturated heterocycles. The highest BCUT2D eigenvalue weighted by atomic mass is 32.2. The maximum Gasteiger partial charge on any atom is 0.362 e. The quantitative estimate of drug-likeness (QED) is 0.0644. The molecule has 0 radical (unpaired) electrons. The summed E-state index contributed by atoms with van der Waals surface area (Å²) in [6.45, 7) is 1.71. The molecule has 7 N–H and O–H groups in total. The van der Waals surface area contributed by atoms with Crippen molar-refractivity contribution in [1.82, 2.24) is 14.6 Å². The van der Waals surface area contributed by atoms with Crippen molar-refractivity contribution in [2.45, 2.75) is 25.4 Å². The first kappa shape index (κ1) is 25.9. The van der Waals surface area contributed by atoms with E-state index in [0.717, 1.165) is 11.3 Å². The average Bonchev–Trinajstić information content (AvgIpc) is 3.22. The van der Waals surface area contributed by atoms with E-state index in [-0.39, 0.29) is 39.9 Å². The van der Waals surface area contributed by atoms with Crippen molar-refractivity contribution in [3.05, 3.63) is 40.9 Å². The molecule has 3 rings (SSSR count). The molecule has 2 aromatic rings. The van der Waals surface area contributed by atoms with Gasteiger partial charge in [-0.25, -0.2) is 9.29 Å². The van der Waals surface area contributed by atoms with Crippen LogP contribution in [0.3, 0.4) is 0 Å². The van der Waals surface area contributed by atoms with Crippen LogP contribution in [0.2, 0.25) is 0 Å². The number of carbonyl (C=O) groups excluding carboxylic acids is 2. The number of nitrogen functional groups attached to an aromatic ring is 2. The van der Waals surface area contributed by atoms with Gasteiger partial charge in [-0.2, -0.15) is 8.42 Å². The molecular formula is C19H23N7O7S2. The van der Waals surface area contributed by atoms with Crippen LogP contribution in [0.25, 0.3) is 0 Å². The second-order valence-electron chi connectivity index (χ2n) is 7.29. The zero-order valence-electron chi connectivity index (χ0n) is 18.4. The fourth-order valence-corrected chi connectivity index (χ4v) is 4.50. The fourth-order valence-electron chi connectivity index (χ4n) is 3.07. The number of nitrogens with two attached hydrogens (primary N) is 2. The SMILES string of the molecule is C[C@H]1[C@H](NC(=O)/C(=N\OCCCOc2ccc(C(=N)N)cc2)c2csc(N)n2)C(=O)N1S(=O)(=O)O. The van der Waals surface area contributed by atoms with Gasteiger partial charge < -0.3 is 26.4 Å². The van der Waals surface area contributed by atoms with E-state index in [4.69, 9.17) is 31.0 Å². The van der Waals surface area contributed by atoms with Crippen molar-refractivity contribution >= 4 is 50.1 Å². The molecular weight excluding hydrogens is 502 g/mol. The number of carbonyl (C=O) groups is 2. The number of anilines is 1. The van der Waals surface area contributed by atoms with Crippen LogP contribution in [0.4, 0.5) is 5.13 Å². The van der Waals surface area contributed by atoms with Gasteiger partial charge in [0.1, 0.15) is 29.9 Å². The number of hydrogen-bond acceptors (Lipinski definition) is 11. The van der Waals surface area contributed by atoms with E-state index in [1.54, 1.807) is 24.3 Å². The lowest BCUT2D eigenvalue weighted by molar-refractivity contribution is -0.143. The lowest BCUT2D eigenvalue weighted by Crippen LogP contribution is -2.71. The Bertz CT molecular complexity index is 1240. The summed E-state index contributed by atoms with van der Waals surface area (Å²) in [6, 6.07) is 4.49. The van der Waals surface area contributed by atoms with Gasteiger partial charge in [0, 0.05) is 17.4 Å². The monoisotopic (exact) mass is 525 g/mol. The zero-order valence-corrected chi connectivity index (χ0v) is 20.0. The highest BCUT2D eigenvalue weighted by molar-refractivity contribution is 7.84. The molecule has 1 aliphatic rings. The number of hydrogen-bond donors (Lipinski definition) is 5. The summed E-state index contributed by atoms with van der Waals surface area (Å²) in [7, 11) is -4.73. The number of amidine groups is 1. The molecule has 2 amide bonds.